The second-order valence-electron chi connectivity index (χ2n) is 6.05. The third-order valence-electron chi connectivity index (χ3n) is 4.15. The van der Waals surface area contributed by atoms with Crippen LogP contribution in [0.5, 0.6) is 5.75 Å². The van der Waals surface area contributed by atoms with Gasteiger partial charge in [0.1, 0.15) is 5.75 Å². The normalized spacial score (nSPS) is 15.3. The Morgan fingerprint density at radius 3 is 2.54 bits per heavy atom. The Kier molecular flexibility index (Phi) is 7.09. The number of hydrogen-bond donors (Lipinski definition) is 2. The number of alkyl halides is 1. The fraction of sp³-hybridized carbons (Fsp3) is 0.471. The van der Waals surface area contributed by atoms with Gasteiger partial charge in [-0.05, 0) is 42.6 Å². The fourth-order valence-electron chi connectivity index (χ4n) is 2.87. The lowest BCUT2D eigenvalue weighted by molar-refractivity contribution is 0.340. The van der Waals surface area contributed by atoms with Crippen LogP contribution >= 0.6 is 34.2 Å². The highest BCUT2D eigenvalue weighted by molar-refractivity contribution is 14.1. The highest BCUT2D eigenvalue weighted by Crippen LogP contribution is 2.26. The van der Waals surface area contributed by atoms with Crippen LogP contribution in [-0.2, 0) is 4.43 Å². The van der Waals surface area contributed by atoms with E-state index >= 15 is 0 Å². The van der Waals surface area contributed by atoms with Crippen molar-refractivity contribution in [2.45, 2.75) is 30.1 Å². The molecule has 0 radical (unpaired) electrons. The summed E-state index contributed by atoms with van der Waals surface area (Å²) in [7, 11) is 1.67. The molecule has 0 atom stereocenters. The summed E-state index contributed by atoms with van der Waals surface area (Å²) in [6.07, 6.45) is 4.86. The number of benzene rings is 1. The van der Waals surface area contributed by atoms with E-state index in [2.05, 4.69) is 53.3 Å². The summed E-state index contributed by atoms with van der Waals surface area (Å²) in [6, 6.07) is 5.87. The largest absolute Gasteiger partial charge is 0.496 e. The van der Waals surface area contributed by atoms with E-state index in [-0.39, 0.29) is 5.28 Å². The third kappa shape index (κ3) is 5.31. The molecule has 1 aliphatic rings. The Labute approximate surface area is 172 Å². The molecule has 1 fully saturated rings. The van der Waals surface area contributed by atoms with Crippen LogP contribution in [0.25, 0.3) is 0 Å². The van der Waals surface area contributed by atoms with Gasteiger partial charge in [0.25, 0.3) is 0 Å². The summed E-state index contributed by atoms with van der Waals surface area (Å²) in [5, 5.41) is 5.49. The number of aromatic nitrogens is 3. The van der Waals surface area contributed by atoms with Crippen LogP contribution in [0.4, 0.5) is 17.6 Å². The molecule has 1 saturated heterocycles. The van der Waals surface area contributed by atoms with Crippen molar-refractivity contribution in [2.24, 2.45) is 0 Å². The Balaban J connectivity index is 1.75. The molecule has 1 aliphatic heterocycles. The molecule has 1 aromatic carbocycles. The van der Waals surface area contributed by atoms with E-state index in [9.17, 15) is 0 Å². The minimum atomic E-state index is 0.155. The Hall–Kier alpha value is -1.39. The molecule has 3 rings (SSSR count). The zero-order chi connectivity index (χ0) is 18.4. The van der Waals surface area contributed by atoms with Crippen LogP contribution in [0.1, 0.15) is 31.2 Å². The van der Waals surface area contributed by atoms with E-state index in [0.717, 1.165) is 34.5 Å². The van der Waals surface area contributed by atoms with E-state index in [1.165, 1.54) is 25.7 Å². The van der Waals surface area contributed by atoms with E-state index in [0.29, 0.717) is 11.9 Å². The highest BCUT2D eigenvalue weighted by Gasteiger charge is 2.12. The minimum absolute atomic E-state index is 0.155. The zero-order valence-electron chi connectivity index (χ0n) is 14.6. The average Bonchev–Trinajstić information content (AvgIpc) is 2.89. The van der Waals surface area contributed by atoms with Gasteiger partial charge in [0.05, 0.1) is 7.11 Å². The summed E-state index contributed by atoms with van der Waals surface area (Å²) in [5.41, 5.74) is 5.23. The second kappa shape index (κ2) is 9.52. The molecule has 26 heavy (non-hydrogen) atoms. The summed E-state index contributed by atoms with van der Waals surface area (Å²) < 4.78 is 6.21. The minimum Gasteiger partial charge on any atom is -0.496 e. The van der Waals surface area contributed by atoms with Gasteiger partial charge < -0.3 is 10.1 Å². The monoisotopic (exact) mass is 488 g/mol. The quantitative estimate of drug-likeness (QED) is 0.461. The molecule has 9 heteroatoms. The first-order valence-corrected chi connectivity index (χ1v) is 10.5. The van der Waals surface area contributed by atoms with Gasteiger partial charge in [-0.15, -0.1) is 0 Å². The van der Waals surface area contributed by atoms with E-state index in [1.807, 2.05) is 18.2 Å². The Morgan fingerprint density at radius 1 is 1.12 bits per heavy atom. The Bertz CT molecular complexity index is 739. The molecule has 0 saturated carbocycles. The van der Waals surface area contributed by atoms with Crippen LogP contribution < -0.4 is 15.5 Å². The van der Waals surface area contributed by atoms with Gasteiger partial charge >= 0.3 is 0 Å². The van der Waals surface area contributed by atoms with Crippen LogP contribution in [0.2, 0.25) is 5.28 Å². The molecule has 2 heterocycles. The molecule has 0 aliphatic carbocycles. The maximum atomic E-state index is 6.09. The van der Waals surface area contributed by atoms with Crippen molar-refractivity contribution < 1.29 is 4.74 Å². The molecular formula is C17H22ClIN6O. The van der Waals surface area contributed by atoms with Crippen molar-refractivity contribution in [1.82, 2.24) is 20.0 Å². The molecular weight excluding hydrogens is 467 g/mol. The fourth-order valence-corrected chi connectivity index (χ4v) is 3.63. The lowest BCUT2D eigenvalue weighted by Crippen LogP contribution is -2.31. The van der Waals surface area contributed by atoms with Crippen LogP contribution in [0.15, 0.2) is 18.2 Å². The molecule has 2 N–H and O–H groups in total. The average molecular weight is 489 g/mol. The molecule has 0 bridgehead atoms. The summed E-state index contributed by atoms with van der Waals surface area (Å²) in [5.74, 6) is 1.73. The SMILES string of the molecule is COc1ccc(Nc2nc(Cl)nc(NN3CCCCCC3)n2)cc1CI. The standard InChI is InChI=1S/C17H22ClIN6O/c1-26-14-7-6-13(10-12(14)11-19)20-16-21-15(18)22-17(23-16)24-25-8-4-2-3-5-9-25/h6-7,10H,2-5,8-9,11H2,1H3,(H2,20,21,22,23,24). The summed E-state index contributed by atoms with van der Waals surface area (Å²) in [6.45, 7) is 1.95. The number of nitrogens with zero attached hydrogens (tertiary/aromatic N) is 4. The van der Waals surface area contributed by atoms with Crippen molar-refractivity contribution in [1.29, 1.82) is 0 Å². The maximum Gasteiger partial charge on any atom is 0.243 e. The number of hydrazine groups is 1. The first-order valence-electron chi connectivity index (χ1n) is 8.61. The number of nitrogens with one attached hydrogen (secondary N) is 2. The molecule has 1 aromatic heterocycles. The van der Waals surface area contributed by atoms with Gasteiger partial charge in [-0.1, -0.05) is 35.4 Å². The second-order valence-corrected chi connectivity index (χ2v) is 7.15. The number of halogens is 2. The molecule has 0 amide bonds. The number of anilines is 3. The molecule has 0 unspecified atom stereocenters. The van der Waals surface area contributed by atoms with E-state index in [1.54, 1.807) is 7.11 Å². The highest BCUT2D eigenvalue weighted by atomic mass is 127. The lowest BCUT2D eigenvalue weighted by atomic mass is 10.2. The van der Waals surface area contributed by atoms with Crippen LogP contribution in [-0.4, -0.2) is 40.2 Å². The van der Waals surface area contributed by atoms with Crippen LogP contribution in [0, 0.1) is 0 Å². The van der Waals surface area contributed by atoms with Crippen molar-refractivity contribution >= 4 is 51.8 Å². The van der Waals surface area contributed by atoms with Crippen LogP contribution in [0.3, 0.4) is 0 Å². The van der Waals surface area contributed by atoms with Crippen molar-refractivity contribution in [3.8, 4) is 5.75 Å². The third-order valence-corrected chi connectivity index (χ3v) is 5.14. The van der Waals surface area contributed by atoms with Gasteiger partial charge in [0.2, 0.25) is 17.2 Å². The number of hydrogen-bond acceptors (Lipinski definition) is 7. The predicted molar refractivity (Wildman–Crippen MR) is 113 cm³/mol. The molecule has 2 aromatic rings. The summed E-state index contributed by atoms with van der Waals surface area (Å²) in [4.78, 5) is 12.8. The van der Waals surface area contributed by atoms with E-state index < -0.39 is 0 Å². The van der Waals surface area contributed by atoms with Crippen molar-refractivity contribution in [2.75, 3.05) is 30.9 Å². The lowest BCUT2D eigenvalue weighted by Gasteiger charge is -2.20. The van der Waals surface area contributed by atoms with Crippen molar-refractivity contribution in [3.63, 3.8) is 0 Å². The molecule has 0 spiro atoms. The molecule has 7 nitrogen and oxygen atoms in total. The predicted octanol–water partition coefficient (Wildman–Crippen LogP) is 4.42. The maximum absolute atomic E-state index is 6.09. The topological polar surface area (TPSA) is 75.2 Å². The molecule has 140 valence electrons. The first kappa shape index (κ1) is 19.4. The number of methoxy groups -OCH3 is 1. The van der Waals surface area contributed by atoms with E-state index in [4.69, 9.17) is 16.3 Å². The first-order chi connectivity index (χ1) is 12.7. The van der Waals surface area contributed by atoms with Crippen molar-refractivity contribution in [3.05, 3.63) is 29.0 Å². The number of rotatable bonds is 6. The van der Waals surface area contributed by atoms with Gasteiger partial charge in [-0.2, -0.15) is 15.0 Å². The zero-order valence-corrected chi connectivity index (χ0v) is 17.5. The van der Waals surface area contributed by atoms with Gasteiger partial charge in [-0.25, -0.2) is 5.01 Å². The van der Waals surface area contributed by atoms with Gasteiger partial charge in [-0.3, -0.25) is 5.43 Å². The summed E-state index contributed by atoms with van der Waals surface area (Å²) >= 11 is 8.40. The number of ether oxygens (including phenoxy) is 1. The smallest absolute Gasteiger partial charge is 0.243 e. The van der Waals surface area contributed by atoms with Gasteiger partial charge in [0.15, 0.2) is 0 Å². The Morgan fingerprint density at radius 2 is 1.85 bits per heavy atom. The van der Waals surface area contributed by atoms with Gasteiger partial charge in [0, 0.05) is 28.8 Å².